The van der Waals surface area contributed by atoms with Crippen LogP contribution in [0.3, 0.4) is 0 Å². The van der Waals surface area contributed by atoms with Crippen molar-refractivity contribution in [3.63, 3.8) is 0 Å². The summed E-state index contributed by atoms with van der Waals surface area (Å²) < 4.78 is 32.4. The summed E-state index contributed by atoms with van der Waals surface area (Å²) in [6.45, 7) is 4.05. The van der Waals surface area contributed by atoms with E-state index in [0.29, 0.717) is 18.9 Å². The molecule has 0 atom stereocenters. The molecule has 0 bridgehead atoms. The van der Waals surface area contributed by atoms with Crippen LogP contribution in [0.2, 0.25) is 5.02 Å². The van der Waals surface area contributed by atoms with Crippen molar-refractivity contribution in [2.75, 3.05) is 50.1 Å². The standard InChI is InChI=1S/C20H24ClN3O4S/c1-3-23(2)17-6-4-5-16(14-17)22-20(25)15-7-8-18(21)19(13-15)29(26,27)24-9-11-28-12-10-24/h4-8,13-14H,3,9-12H2,1-2H3,(H,22,25). The minimum atomic E-state index is -3.81. The van der Waals surface area contributed by atoms with E-state index in [0.717, 1.165) is 12.2 Å². The normalized spacial score (nSPS) is 15.1. The molecule has 2 aromatic rings. The van der Waals surface area contributed by atoms with Crippen LogP contribution in [0.5, 0.6) is 0 Å². The molecule has 156 valence electrons. The van der Waals surface area contributed by atoms with Crippen LogP contribution in [-0.2, 0) is 14.8 Å². The van der Waals surface area contributed by atoms with Crippen LogP contribution in [0.1, 0.15) is 17.3 Å². The summed E-state index contributed by atoms with van der Waals surface area (Å²) in [5.74, 6) is -0.406. The Kier molecular flexibility index (Phi) is 6.79. The van der Waals surface area contributed by atoms with Gasteiger partial charge in [0.15, 0.2) is 0 Å². The summed E-state index contributed by atoms with van der Waals surface area (Å²) >= 11 is 6.16. The first-order valence-corrected chi connectivity index (χ1v) is 11.1. The molecule has 0 aliphatic carbocycles. The van der Waals surface area contributed by atoms with Gasteiger partial charge in [0.1, 0.15) is 4.90 Å². The average Bonchev–Trinajstić information content (AvgIpc) is 2.74. The lowest BCUT2D eigenvalue weighted by atomic mass is 10.2. The zero-order chi connectivity index (χ0) is 21.0. The Hall–Kier alpha value is -2.13. The highest BCUT2D eigenvalue weighted by Crippen LogP contribution is 2.27. The lowest BCUT2D eigenvalue weighted by Gasteiger charge is -2.26. The molecule has 0 aromatic heterocycles. The minimum absolute atomic E-state index is 0.0758. The molecule has 29 heavy (non-hydrogen) atoms. The fourth-order valence-corrected chi connectivity index (χ4v) is 4.88. The molecule has 0 unspecified atom stereocenters. The van der Waals surface area contributed by atoms with Gasteiger partial charge in [-0.1, -0.05) is 17.7 Å². The number of carbonyl (C=O) groups is 1. The van der Waals surface area contributed by atoms with Gasteiger partial charge in [0.2, 0.25) is 10.0 Å². The number of nitrogens with one attached hydrogen (secondary N) is 1. The number of rotatable bonds is 6. The Morgan fingerprint density at radius 2 is 1.93 bits per heavy atom. The Morgan fingerprint density at radius 1 is 1.21 bits per heavy atom. The number of hydrogen-bond acceptors (Lipinski definition) is 5. The third-order valence-corrected chi connectivity index (χ3v) is 7.18. The zero-order valence-electron chi connectivity index (χ0n) is 16.4. The first kappa shape index (κ1) is 21.6. The number of ether oxygens (including phenoxy) is 1. The molecule has 1 saturated heterocycles. The third kappa shape index (κ3) is 4.90. The van der Waals surface area contributed by atoms with Gasteiger partial charge in [-0.25, -0.2) is 8.42 Å². The molecule has 0 spiro atoms. The summed E-state index contributed by atoms with van der Waals surface area (Å²) in [7, 11) is -1.85. The van der Waals surface area contributed by atoms with Gasteiger partial charge in [-0.05, 0) is 43.3 Å². The topological polar surface area (TPSA) is 79.0 Å². The highest BCUT2D eigenvalue weighted by Gasteiger charge is 2.29. The van der Waals surface area contributed by atoms with Gasteiger partial charge < -0.3 is 15.0 Å². The molecule has 1 aliphatic heterocycles. The molecule has 1 aliphatic rings. The van der Waals surface area contributed by atoms with E-state index in [4.69, 9.17) is 16.3 Å². The summed E-state index contributed by atoms with van der Waals surface area (Å²) in [5.41, 5.74) is 1.81. The van der Waals surface area contributed by atoms with Crippen LogP contribution < -0.4 is 10.2 Å². The fraction of sp³-hybridized carbons (Fsp3) is 0.350. The SMILES string of the molecule is CCN(C)c1cccc(NC(=O)c2ccc(Cl)c(S(=O)(=O)N3CCOCC3)c2)c1. The Labute approximate surface area is 176 Å². The van der Waals surface area contributed by atoms with Gasteiger partial charge in [-0.15, -0.1) is 0 Å². The second kappa shape index (κ2) is 9.13. The van der Waals surface area contributed by atoms with Crippen molar-refractivity contribution in [2.24, 2.45) is 0 Å². The number of halogens is 1. The lowest BCUT2D eigenvalue weighted by molar-refractivity contribution is 0.0730. The summed E-state index contributed by atoms with van der Waals surface area (Å²) in [6, 6.07) is 11.7. The number of hydrogen-bond donors (Lipinski definition) is 1. The van der Waals surface area contributed by atoms with Gasteiger partial charge in [0.25, 0.3) is 5.91 Å². The molecule has 1 N–H and O–H groups in total. The largest absolute Gasteiger partial charge is 0.379 e. The van der Waals surface area contributed by atoms with E-state index < -0.39 is 15.9 Å². The van der Waals surface area contributed by atoms with Crippen LogP contribution in [0.15, 0.2) is 47.4 Å². The first-order valence-electron chi connectivity index (χ1n) is 9.33. The average molecular weight is 438 g/mol. The van der Waals surface area contributed by atoms with E-state index in [-0.39, 0.29) is 28.6 Å². The fourth-order valence-electron chi connectivity index (χ4n) is 2.98. The number of morpholine rings is 1. The second-order valence-corrected chi connectivity index (χ2v) is 8.99. The number of nitrogens with zero attached hydrogens (tertiary/aromatic N) is 2. The molecular formula is C20H24ClN3O4S. The molecule has 0 radical (unpaired) electrons. The maximum absolute atomic E-state index is 12.9. The molecule has 9 heteroatoms. The minimum Gasteiger partial charge on any atom is -0.379 e. The Balaban J connectivity index is 1.85. The smallest absolute Gasteiger partial charge is 0.255 e. The number of benzene rings is 2. The van der Waals surface area contributed by atoms with Crippen LogP contribution in [0, 0.1) is 0 Å². The van der Waals surface area contributed by atoms with Crippen LogP contribution in [0.4, 0.5) is 11.4 Å². The number of carbonyl (C=O) groups excluding carboxylic acids is 1. The predicted molar refractivity (Wildman–Crippen MR) is 114 cm³/mol. The molecule has 1 fully saturated rings. The maximum atomic E-state index is 12.9. The van der Waals surface area contributed by atoms with Crippen molar-refractivity contribution in [3.05, 3.63) is 53.1 Å². The van der Waals surface area contributed by atoms with Crippen molar-refractivity contribution in [2.45, 2.75) is 11.8 Å². The van der Waals surface area contributed by atoms with E-state index >= 15 is 0 Å². The van der Waals surface area contributed by atoms with Crippen molar-refractivity contribution >= 4 is 38.9 Å². The van der Waals surface area contributed by atoms with Gasteiger partial charge >= 0.3 is 0 Å². The van der Waals surface area contributed by atoms with Gasteiger partial charge in [0.05, 0.1) is 18.2 Å². The Bertz CT molecular complexity index is 991. The molecule has 2 aromatic carbocycles. The van der Waals surface area contributed by atoms with E-state index in [2.05, 4.69) is 5.32 Å². The first-order chi connectivity index (χ1) is 13.8. The summed E-state index contributed by atoms with van der Waals surface area (Å²) in [6.07, 6.45) is 0. The van der Waals surface area contributed by atoms with Gasteiger partial charge in [0, 0.05) is 43.6 Å². The number of amides is 1. The predicted octanol–water partition coefficient (Wildman–Crippen LogP) is 3.07. The highest BCUT2D eigenvalue weighted by molar-refractivity contribution is 7.89. The van der Waals surface area contributed by atoms with Crippen molar-refractivity contribution in [1.82, 2.24) is 4.31 Å². The van der Waals surface area contributed by atoms with E-state index in [1.165, 1.54) is 22.5 Å². The van der Waals surface area contributed by atoms with E-state index in [1.807, 2.05) is 37.1 Å². The van der Waals surface area contributed by atoms with Crippen LogP contribution in [0.25, 0.3) is 0 Å². The number of anilines is 2. The van der Waals surface area contributed by atoms with E-state index in [9.17, 15) is 13.2 Å². The van der Waals surface area contributed by atoms with Crippen molar-refractivity contribution in [1.29, 1.82) is 0 Å². The van der Waals surface area contributed by atoms with E-state index in [1.54, 1.807) is 6.07 Å². The quantitative estimate of drug-likeness (QED) is 0.751. The third-order valence-electron chi connectivity index (χ3n) is 4.80. The zero-order valence-corrected chi connectivity index (χ0v) is 18.0. The van der Waals surface area contributed by atoms with Gasteiger partial charge in [-0.3, -0.25) is 4.79 Å². The molecule has 7 nitrogen and oxygen atoms in total. The summed E-state index contributed by atoms with van der Waals surface area (Å²) in [4.78, 5) is 14.7. The molecular weight excluding hydrogens is 414 g/mol. The highest BCUT2D eigenvalue weighted by atomic mass is 35.5. The number of sulfonamides is 1. The Morgan fingerprint density at radius 3 is 2.62 bits per heavy atom. The monoisotopic (exact) mass is 437 g/mol. The van der Waals surface area contributed by atoms with Gasteiger partial charge in [-0.2, -0.15) is 4.31 Å². The van der Waals surface area contributed by atoms with Crippen LogP contribution in [-0.4, -0.2) is 58.5 Å². The van der Waals surface area contributed by atoms with Crippen molar-refractivity contribution < 1.29 is 17.9 Å². The maximum Gasteiger partial charge on any atom is 0.255 e. The summed E-state index contributed by atoms with van der Waals surface area (Å²) in [5, 5.41) is 2.90. The molecule has 0 saturated carbocycles. The molecule has 1 heterocycles. The van der Waals surface area contributed by atoms with Crippen molar-refractivity contribution in [3.8, 4) is 0 Å². The second-order valence-electron chi connectivity index (χ2n) is 6.68. The van der Waals surface area contributed by atoms with Crippen LogP contribution >= 0.6 is 11.6 Å². The molecule has 1 amide bonds. The molecule has 3 rings (SSSR count). The lowest BCUT2D eigenvalue weighted by Crippen LogP contribution is -2.40.